The summed E-state index contributed by atoms with van der Waals surface area (Å²) in [5.74, 6) is 1.16. The molecule has 0 aromatic rings. The topological polar surface area (TPSA) is 56.8 Å². The van der Waals surface area contributed by atoms with Crippen LogP contribution in [0.15, 0.2) is 0 Å². The Kier molecular flexibility index (Phi) is 7.63. The molecule has 2 aliphatic heterocycles. The molecule has 1 N–H and O–H groups in total. The van der Waals surface area contributed by atoms with Crippen molar-refractivity contribution in [3.63, 3.8) is 0 Å². The van der Waals surface area contributed by atoms with Gasteiger partial charge in [-0.15, -0.1) is 0 Å². The maximum absolute atomic E-state index is 12.0. The van der Waals surface area contributed by atoms with Crippen LogP contribution in [-0.4, -0.2) is 51.1 Å². The molecule has 2 rings (SSSR count). The van der Waals surface area contributed by atoms with Crippen LogP contribution in [0.25, 0.3) is 0 Å². The first-order valence-corrected chi connectivity index (χ1v) is 8.72. The Morgan fingerprint density at radius 1 is 1.32 bits per heavy atom. The zero-order valence-corrected chi connectivity index (χ0v) is 14.0. The normalized spacial score (nSPS) is 29.0. The van der Waals surface area contributed by atoms with Crippen molar-refractivity contribution in [2.45, 2.75) is 58.2 Å². The minimum Gasteiger partial charge on any atom is -0.379 e. The van der Waals surface area contributed by atoms with Gasteiger partial charge in [0.25, 0.3) is 0 Å². The van der Waals surface area contributed by atoms with Gasteiger partial charge in [0.05, 0.1) is 18.8 Å². The molecule has 3 atom stereocenters. The Morgan fingerprint density at radius 3 is 2.91 bits per heavy atom. The highest BCUT2D eigenvalue weighted by Crippen LogP contribution is 2.27. The monoisotopic (exact) mass is 313 g/mol. The van der Waals surface area contributed by atoms with Crippen LogP contribution in [0, 0.1) is 11.8 Å². The van der Waals surface area contributed by atoms with Gasteiger partial charge in [0.2, 0.25) is 5.91 Å². The zero-order chi connectivity index (χ0) is 15.8. The number of ether oxygens (including phenoxy) is 3. The molecule has 128 valence electrons. The molecular weight excluding hydrogens is 282 g/mol. The fourth-order valence-electron chi connectivity index (χ4n) is 3.08. The summed E-state index contributed by atoms with van der Waals surface area (Å²) in [6, 6.07) is 0. The van der Waals surface area contributed by atoms with Crippen LogP contribution in [0.2, 0.25) is 0 Å². The third kappa shape index (κ3) is 6.23. The molecule has 0 spiro atoms. The second-order valence-electron chi connectivity index (χ2n) is 6.81. The lowest BCUT2D eigenvalue weighted by Gasteiger charge is -2.31. The third-order valence-corrected chi connectivity index (χ3v) is 4.53. The van der Waals surface area contributed by atoms with E-state index in [1.165, 1.54) is 0 Å². The van der Waals surface area contributed by atoms with E-state index in [1.54, 1.807) is 0 Å². The fraction of sp³-hybridized carbons (Fsp3) is 0.941. The number of hydrogen-bond donors (Lipinski definition) is 1. The largest absolute Gasteiger partial charge is 0.379 e. The summed E-state index contributed by atoms with van der Waals surface area (Å²) in [4.78, 5) is 12.0. The maximum Gasteiger partial charge on any atom is 0.220 e. The fourth-order valence-corrected chi connectivity index (χ4v) is 3.08. The van der Waals surface area contributed by atoms with E-state index >= 15 is 0 Å². The molecule has 2 fully saturated rings. The van der Waals surface area contributed by atoms with Gasteiger partial charge in [-0.2, -0.15) is 0 Å². The standard InChI is InChI=1S/C17H31NO4/c1-13(2)16-10-14(4-9-22-16)11-17(19)18-6-3-7-21-15-5-8-20-12-15/h13-16H,3-12H2,1-2H3,(H,18,19)/t14-,15+,16+/m1/s1. The second-order valence-corrected chi connectivity index (χ2v) is 6.81. The summed E-state index contributed by atoms with van der Waals surface area (Å²) in [5.41, 5.74) is 0. The van der Waals surface area contributed by atoms with Gasteiger partial charge < -0.3 is 19.5 Å². The van der Waals surface area contributed by atoms with Gasteiger partial charge >= 0.3 is 0 Å². The summed E-state index contributed by atoms with van der Waals surface area (Å²) in [6.45, 7) is 8.07. The molecule has 0 aliphatic carbocycles. The first-order chi connectivity index (χ1) is 10.6. The predicted molar refractivity (Wildman–Crippen MR) is 84.7 cm³/mol. The first kappa shape index (κ1) is 17.7. The van der Waals surface area contributed by atoms with Crippen molar-refractivity contribution >= 4 is 5.91 Å². The lowest BCUT2D eigenvalue weighted by molar-refractivity contribution is -0.123. The van der Waals surface area contributed by atoms with Gasteiger partial charge in [-0.25, -0.2) is 0 Å². The molecule has 2 saturated heterocycles. The Morgan fingerprint density at radius 2 is 2.18 bits per heavy atom. The van der Waals surface area contributed by atoms with E-state index in [2.05, 4.69) is 19.2 Å². The number of carbonyl (C=O) groups is 1. The summed E-state index contributed by atoms with van der Waals surface area (Å²) >= 11 is 0. The van der Waals surface area contributed by atoms with Gasteiger partial charge in [0.15, 0.2) is 0 Å². The van der Waals surface area contributed by atoms with E-state index in [-0.39, 0.29) is 12.0 Å². The van der Waals surface area contributed by atoms with E-state index in [9.17, 15) is 4.79 Å². The quantitative estimate of drug-likeness (QED) is 0.698. The van der Waals surface area contributed by atoms with Crippen molar-refractivity contribution < 1.29 is 19.0 Å². The van der Waals surface area contributed by atoms with Crippen molar-refractivity contribution in [1.82, 2.24) is 5.32 Å². The predicted octanol–water partition coefficient (Wildman–Crippen LogP) is 2.14. The number of carbonyl (C=O) groups excluding carboxylic acids is 1. The molecule has 0 aromatic heterocycles. The van der Waals surface area contributed by atoms with Crippen molar-refractivity contribution in [3.05, 3.63) is 0 Å². The van der Waals surface area contributed by atoms with E-state index in [0.29, 0.717) is 44.1 Å². The van der Waals surface area contributed by atoms with E-state index in [0.717, 1.165) is 38.9 Å². The molecule has 0 saturated carbocycles. The van der Waals surface area contributed by atoms with Gasteiger partial charge in [0, 0.05) is 32.8 Å². The summed E-state index contributed by atoms with van der Waals surface area (Å²) in [7, 11) is 0. The Labute approximate surface area is 134 Å². The molecule has 2 aliphatic rings. The molecule has 0 radical (unpaired) electrons. The highest BCUT2D eigenvalue weighted by Gasteiger charge is 2.26. The van der Waals surface area contributed by atoms with Gasteiger partial charge in [-0.1, -0.05) is 13.8 Å². The summed E-state index contributed by atoms with van der Waals surface area (Å²) < 4.78 is 16.7. The molecule has 5 nitrogen and oxygen atoms in total. The minimum atomic E-state index is 0.165. The average Bonchev–Trinajstić information content (AvgIpc) is 3.00. The van der Waals surface area contributed by atoms with Crippen LogP contribution in [0.3, 0.4) is 0 Å². The van der Waals surface area contributed by atoms with Gasteiger partial charge in [-0.3, -0.25) is 4.79 Å². The molecule has 0 aromatic carbocycles. The van der Waals surface area contributed by atoms with E-state index in [1.807, 2.05) is 0 Å². The molecule has 22 heavy (non-hydrogen) atoms. The van der Waals surface area contributed by atoms with E-state index < -0.39 is 0 Å². The number of rotatable bonds is 8. The Bertz CT molecular complexity index is 329. The molecule has 0 bridgehead atoms. The molecule has 5 heteroatoms. The number of amides is 1. The third-order valence-electron chi connectivity index (χ3n) is 4.53. The summed E-state index contributed by atoms with van der Waals surface area (Å²) in [5, 5.41) is 3.01. The smallest absolute Gasteiger partial charge is 0.220 e. The molecule has 2 heterocycles. The highest BCUT2D eigenvalue weighted by atomic mass is 16.5. The van der Waals surface area contributed by atoms with Crippen molar-refractivity contribution in [3.8, 4) is 0 Å². The SMILES string of the molecule is CC(C)[C@@H]1C[C@H](CC(=O)NCCCO[C@H]2CCOC2)CCO1. The number of hydrogen-bond acceptors (Lipinski definition) is 4. The minimum absolute atomic E-state index is 0.165. The van der Waals surface area contributed by atoms with Crippen LogP contribution in [0.1, 0.15) is 46.0 Å². The number of nitrogens with one attached hydrogen (secondary N) is 1. The van der Waals surface area contributed by atoms with Crippen LogP contribution in [0.4, 0.5) is 0 Å². The highest BCUT2D eigenvalue weighted by molar-refractivity contribution is 5.76. The van der Waals surface area contributed by atoms with Crippen molar-refractivity contribution in [2.24, 2.45) is 11.8 Å². The Balaban J connectivity index is 1.51. The van der Waals surface area contributed by atoms with Crippen LogP contribution >= 0.6 is 0 Å². The van der Waals surface area contributed by atoms with Crippen molar-refractivity contribution in [1.29, 1.82) is 0 Å². The molecular formula is C17H31NO4. The lowest BCUT2D eigenvalue weighted by Crippen LogP contribution is -2.33. The average molecular weight is 313 g/mol. The first-order valence-electron chi connectivity index (χ1n) is 8.72. The van der Waals surface area contributed by atoms with Crippen LogP contribution < -0.4 is 5.32 Å². The lowest BCUT2D eigenvalue weighted by atomic mass is 9.88. The van der Waals surface area contributed by atoms with Crippen LogP contribution in [-0.2, 0) is 19.0 Å². The van der Waals surface area contributed by atoms with Gasteiger partial charge in [0.1, 0.15) is 0 Å². The second kappa shape index (κ2) is 9.48. The van der Waals surface area contributed by atoms with Crippen molar-refractivity contribution in [2.75, 3.05) is 33.0 Å². The van der Waals surface area contributed by atoms with Crippen LogP contribution in [0.5, 0.6) is 0 Å². The van der Waals surface area contributed by atoms with E-state index in [4.69, 9.17) is 14.2 Å². The van der Waals surface area contributed by atoms with Gasteiger partial charge in [-0.05, 0) is 37.5 Å². The molecule has 1 amide bonds. The molecule has 0 unspecified atom stereocenters. The maximum atomic E-state index is 12.0. The summed E-state index contributed by atoms with van der Waals surface area (Å²) in [6.07, 6.45) is 5.07. The Hall–Kier alpha value is -0.650. The zero-order valence-electron chi connectivity index (χ0n) is 14.0.